The zero-order valence-corrected chi connectivity index (χ0v) is 10.1. The highest BCUT2D eigenvalue weighted by atomic mass is 15.1. The average molecular weight is 214 g/mol. The molecular weight excluding hydrogens is 196 g/mol. The number of hydrogen-bond acceptors (Lipinski definition) is 2. The van der Waals surface area contributed by atoms with Crippen LogP contribution in [0.1, 0.15) is 5.56 Å². The fourth-order valence-electron chi connectivity index (χ4n) is 2.09. The summed E-state index contributed by atoms with van der Waals surface area (Å²) in [6, 6.07) is 13.0. The molecule has 0 saturated carbocycles. The van der Waals surface area contributed by atoms with Gasteiger partial charge in [0.25, 0.3) is 0 Å². The topological polar surface area (TPSA) is 15.3 Å². The van der Waals surface area contributed by atoms with E-state index in [0.29, 0.717) is 0 Å². The predicted molar refractivity (Wildman–Crippen MR) is 71.0 cm³/mol. The molecule has 0 saturated heterocycles. The van der Waals surface area contributed by atoms with E-state index < -0.39 is 0 Å². The highest BCUT2D eigenvalue weighted by Crippen LogP contribution is 2.27. The molecule has 0 radical (unpaired) electrons. The first-order chi connectivity index (χ1) is 7.74. The van der Waals surface area contributed by atoms with Crippen molar-refractivity contribution in [2.24, 2.45) is 0 Å². The van der Waals surface area contributed by atoms with Crippen molar-refractivity contribution < 1.29 is 0 Å². The van der Waals surface area contributed by atoms with Crippen LogP contribution in [0.5, 0.6) is 0 Å². The van der Waals surface area contributed by atoms with Crippen molar-refractivity contribution >= 4 is 16.5 Å². The van der Waals surface area contributed by atoms with Crippen molar-refractivity contribution in [3.8, 4) is 0 Å². The van der Waals surface area contributed by atoms with Crippen LogP contribution in [0.15, 0.2) is 36.4 Å². The molecule has 0 atom stereocenters. The molecule has 16 heavy (non-hydrogen) atoms. The molecule has 0 heterocycles. The standard InChI is InChI=1S/C14H18N2/c1-15-10-11-6-4-8-13-12(11)7-5-9-14(13)16(2)3/h4-9,15H,10H2,1-3H3. The molecule has 0 unspecified atom stereocenters. The Kier molecular flexibility index (Phi) is 3.11. The third-order valence-electron chi connectivity index (χ3n) is 2.84. The molecule has 84 valence electrons. The molecule has 2 nitrogen and oxygen atoms in total. The number of nitrogens with zero attached hydrogens (tertiary/aromatic N) is 1. The monoisotopic (exact) mass is 214 g/mol. The lowest BCUT2D eigenvalue weighted by Crippen LogP contribution is -2.10. The van der Waals surface area contributed by atoms with Gasteiger partial charge in [0.2, 0.25) is 0 Å². The first-order valence-electron chi connectivity index (χ1n) is 5.56. The fraction of sp³-hybridized carbons (Fsp3) is 0.286. The maximum absolute atomic E-state index is 3.21. The number of benzene rings is 2. The van der Waals surface area contributed by atoms with Gasteiger partial charge in [-0.05, 0) is 24.1 Å². The molecule has 0 bridgehead atoms. The molecule has 0 fully saturated rings. The molecule has 0 aliphatic carbocycles. The zero-order valence-electron chi connectivity index (χ0n) is 10.1. The quantitative estimate of drug-likeness (QED) is 0.845. The molecule has 2 aromatic carbocycles. The smallest absolute Gasteiger partial charge is 0.0440 e. The SMILES string of the molecule is CNCc1cccc2c(N(C)C)cccc12. The van der Waals surface area contributed by atoms with Crippen molar-refractivity contribution in [1.29, 1.82) is 0 Å². The average Bonchev–Trinajstić information content (AvgIpc) is 2.29. The Morgan fingerprint density at radius 1 is 1.00 bits per heavy atom. The van der Waals surface area contributed by atoms with Gasteiger partial charge in [0, 0.05) is 31.7 Å². The van der Waals surface area contributed by atoms with Crippen LogP contribution in [-0.2, 0) is 6.54 Å². The number of fused-ring (bicyclic) bond motifs is 1. The maximum atomic E-state index is 3.21. The Hall–Kier alpha value is -1.54. The summed E-state index contributed by atoms with van der Waals surface area (Å²) in [6.07, 6.45) is 0. The van der Waals surface area contributed by atoms with Gasteiger partial charge < -0.3 is 10.2 Å². The lowest BCUT2D eigenvalue weighted by molar-refractivity contribution is 0.824. The highest BCUT2D eigenvalue weighted by Gasteiger charge is 2.05. The molecule has 0 amide bonds. The van der Waals surface area contributed by atoms with Crippen LogP contribution in [0.25, 0.3) is 10.8 Å². The van der Waals surface area contributed by atoms with Crippen molar-refractivity contribution in [3.05, 3.63) is 42.0 Å². The van der Waals surface area contributed by atoms with Gasteiger partial charge in [0.1, 0.15) is 0 Å². The van der Waals surface area contributed by atoms with E-state index in [1.807, 2.05) is 7.05 Å². The third kappa shape index (κ3) is 1.89. The third-order valence-corrected chi connectivity index (χ3v) is 2.84. The minimum absolute atomic E-state index is 0.911. The molecule has 0 aliphatic rings. The second-order valence-electron chi connectivity index (χ2n) is 4.21. The summed E-state index contributed by atoms with van der Waals surface area (Å²) in [5, 5.41) is 5.87. The van der Waals surface area contributed by atoms with E-state index in [1.165, 1.54) is 22.0 Å². The van der Waals surface area contributed by atoms with Gasteiger partial charge in [0.05, 0.1) is 0 Å². The first-order valence-corrected chi connectivity index (χ1v) is 5.56. The molecule has 0 aliphatic heterocycles. The highest BCUT2D eigenvalue weighted by molar-refractivity contribution is 5.96. The molecular formula is C14H18N2. The van der Waals surface area contributed by atoms with Crippen molar-refractivity contribution in [1.82, 2.24) is 5.32 Å². The minimum atomic E-state index is 0.911. The Morgan fingerprint density at radius 3 is 2.38 bits per heavy atom. The van der Waals surface area contributed by atoms with E-state index >= 15 is 0 Å². The second-order valence-corrected chi connectivity index (χ2v) is 4.21. The summed E-state index contributed by atoms with van der Waals surface area (Å²) in [5.74, 6) is 0. The van der Waals surface area contributed by atoms with Crippen LogP contribution in [0.4, 0.5) is 5.69 Å². The Balaban J connectivity index is 2.66. The van der Waals surface area contributed by atoms with Gasteiger partial charge in [-0.3, -0.25) is 0 Å². The molecule has 2 heteroatoms. The van der Waals surface area contributed by atoms with Gasteiger partial charge in [-0.1, -0.05) is 30.3 Å². The van der Waals surface area contributed by atoms with E-state index in [-0.39, 0.29) is 0 Å². The van der Waals surface area contributed by atoms with Gasteiger partial charge in [-0.25, -0.2) is 0 Å². The molecule has 1 N–H and O–H groups in total. The Bertz CT molecular complexity index is 489. The number of hydrogen-bond donors (Lipinski definition) is 1. The van der Waals surface area contributed by atoms with Gasteiger partial charge in [-0.2, -0.15) is 0 Å². The minimum Gasteiger partial charge on any atom is -0.377 e. The summed E-state index contributed by atoms with van der Waals surface area (Å²) >= 11 is 0. The summed E-state index contributed by atoms with van der Waals surface area (Å²) in [4.78, 5) is 2.16. The number of nitrogens with one attached hydrogen (secondary N) is 1. The largest absolute Gasteiger partial charge is 0.377 e. The maximum Gasteiger partial charge on any atom is 0.0440 e. The van der Waals surface area contributed by atoms with E-state index in [0.717, 1.165) is 6.54 Å². The second kappa shape index (κ2) is 4.54. The van der Waals surface area contributed by atoms with E-state index in [2.05, 4.69) is 60.7 Å². The van der Waals surface area contributed by atoms with Crippen LogP contribution in [0.2, 0.25) is 0 Å². The van der Waals surface area contributed by atoms with Crippen LogP contribution in [0.3, 0.4) is 0 Å². The van der Waals surface area contributed by atoms with Crippen molar-refractivity contribution in [2.75, 3.05) is 26.0 Å². The van der Waals surface area contributed by atoms with Gasteiger partial charge in [-0.15, -0.1) is 0 Å². The summed E-state index contributed by atoms with van der Waals surface area (Å²) in [7, 11) is 6.15. The predicted octanol–water partition coefficient (Wildman–Crippen LogP) is 2.63. The van der Waals surface area contributed by atoms with Crippen molar-refractivity contribution in [3.63, 3.8) is 0 Å². The van der Waals surface area contributed by atoms with Crippen LogP contribution >= 0.6 is 0 Å². The number of rotatable bonds is 3. The lowest BCUT2D eigenvalue weighted by atomic mass is 10.0. The van der Waals surface area contributed by atoms with E-state index in [9.17, 15) is 0 Å². The summed E-state index contributed by atoms with van der Waals surface area (Å²) in [6.45, 7) is 0.911. The van der Waals surface area contributed by atoms with Crippen LogP contribution in [0, 0.1) is 0 Å². The summed E-state index contributed by atoms with van der Waals surface area (Å²) < 4.78 is 0. The molecule has 2 rings (SSSR count). The van der Waals surface area contributed by atoms with Gasteiger partial charge >= 0.3 is 0 Å². The van der Waals surface area contributed by atoms with E-state index in [1.54, 1.807) is 0 Å². The lowest BCUT2D eigenvalue weighted by Gasteiger charge is -2.16. The van der Waals surface area contributed by atoms with Crippen LogP contribution in [-0.4, -0.2) is 21.1 Å². The van der Waals surface area contributed by atoms with Gasteiger partial charge in [0.15, 0.2) is 0 Å². The molecule has 2 aromatic rings. The molecule has 0 aromatic heterocycles. The zero-order chi connectivity index (χ0) is 11.5. The number of anilines is 1. The first kappa shape index (κ1) is 11.0. The molecule has 0 spiro atoms. The summed E-state index contributed by atoms with van der Waals surface area (Å²) in [5.41, 5.74) is 2.62. The Labute approximate surface area is 96.9 Å². The van der Waals surface area contributed by atoms with Crippen LogP contribution < -0.4 is 10.2 Å². The van der Waals surface area contributed by atoms with E-state index in [4.69, 9.17) is 0 Å². The van der Waals surface area contributed by atoms with Crippen molar-refractivity contribution in [2.45, 2.75) is 6.54 Å². The Morgan fingerprint density at radius 2 is 1.69 bits per heavy atom. The normalized spacial score (nSPS) is 10.7. The fourth-order valence-corrected chi connectivity index (χ4v) is 2.09.